The molecular formula is C17H18BrNO2. The third-order valence-corrected chi connectivity index (χ3v) is 4.33. The Balaban J connectivity index is 1.70. The van der Waals surface area contributed by atoms with Crippen LogP contribution >= 0.6 is 15.9 Å². The van der Waals surface area contributed by atoms with Gasteiger partial charge in [0.15, 0.2) is 0 Å². The minimum absolute atomic E-state index is 0.155. The molecular weight excluding hydrogens is 330 g/mol. The first-order valence-electron chi connectivity index (χ1n) is 7.08. The molecule has 4 heteroatoms. The smallest absolute Gasteiger partial charge is 0.134 e. The predicted molar refractivity (Wildman–Crippen MR) is 88.4 cm³/mol. The molecule has 1 unspecified atom stereocenters. The molecule has 0 saturated carbocycles. The molecule has 21 heavy (non-hydrogen) atoms. The van der Waals surface area contributed by atoms with Crippen LogP contribution in [0, 0.1) is 0 Å². The number of nitrogens with one attached hydrogen (secondary N) is 1. The minimum Gasteiger partial charge on any atom is -0.497 e. The van der Waals surface area contributed by atoms with Crippen LogP contribution in [-0.4, -0.2) is 19.8 Å². The van der Waals surface area contributed by atoms with Crippen LogP contribution in [0.1, 0.15) is 12.0 Å². The van der Waals surface area contributed by atoms with Crippen LogP contribution in [0.4, 0.5) is 5.69 Å². The molecule has 0 fully saturated rings. The van der Waals surface area contributed by atoms with Gasteiger partial charge >= 0.3 is 0 Å². The standard InChI is InChI=1S/C17H18BrNO2/c1-20-13-8-9-17(15(18)10-13)21-14-7-6-12-4-2-3-5-16(12)19-11-14/h2-5,8-10,14,19H,6-7,11H2,1H3. The SMILES string of the molecule is COc1ccc(OC2CCc3ccccc3NC2)c(Br)c1. The monoisotopic (exact) mass is 347 g/mol. The van der Waals surface area contributed by atoms with E-state index in [1.54, 1.807) is 7.11 Å². The van der Waals surface area contributed by atoms with Crippen molar-refractivity contribution in [3.05, 3.63) is 52.5 Å². The van der Waals surface area contributed by atoms with Gasteiger partial charge in [-0.1, -0.05) is 18.2 Å². The minimum atomic E-state index is 0.155. The van der Waals surface area contributed by atoms with Gasteiger partial charge in [-0.3, -0.25) is 0 Å². The topological polar surface area (TPSA) is 30.5 Å². The number of para-hydroxylation sites is 1. The first-order chi connectivity index (χ1) is 10.3. The van der Waals surface area contributed by atoms with E-state index in [4.69, 9.17) is 9.47 Å². The second-order valence-electron chi connectivity index (χ2n) is 5.11. The molecule has 0 amide bonds. The van der Waals surface area contributed by atoms with Gasteiger partial charge in [0.05, 0.1) is 18.1 Å². The predicted octanol–water partition coefficient (Wildman–Crippen LogP) is 4.26. The summed E-state index contributed by atoms with van der Waals surface area (Å²) in [5, 5.41) is 3.47. The molecule has 0 bridgehead atoms. The molecule has 110 valence electrons. The summed E-state index contributed by atoms with van der Waals surface area (Å²) in [6.45, 7) is 0.815. The lowest BCUT2D eigenvalue weighted by Gasteiger charge is -2.18. The summed E-state index contributed by atoms with van der Waals surface area (Å²) in [5.41, 5.74) is 2.58. The van der Waals surface area contributed by atoms with Crippen molar-refractivity contribution in [2.45, 2.75) is 18.9 Å². The van der Waals surface area contributed by atoms with Crippen molar-refractivity contribution in [1.82, 2.24) is 0 Å². The molecule has 0 aliphatic carbocycles. The van der Waals surface area contributed by atoms with Gasteiger partial charge in [0.2, 0.25) is 0 Å². The zero-order valence-corrected chi connectivity index (χ0v) is 13.5. The number of fused-ring (bicyclic) bond motifs is 1. The zero-order chi connectivity index (χ0) is 14.7. The molecule has 1 aliphatic rings. The van der Waals surface area contributed by atoms with Crippen LogP contribution in [0.3, 0.4) is 0 Å². The quantitative estimate of drug-likeness (QED) is 0.899. The number of benzene rings is 2. The summed E-state index contributed by atoms with van der Waals surface area (Å²) in [5.74, 6) is 1.68. The van der Waals surface area contributed by atoms with Gasteiger partial charge in [0.25, 0.3) is 0 Å². The van der Waals surface area contributed by atoms with Crippen molar-refractivity contribution < 1.29 is 9.47 Å². The summed E-state index contributed by atoms with van der Waals surface area (Å²) in [7, 11) is 1.66. The van der Waals surface area contributed by atoms with Crippen LogP contribution in [0.2, 0.25) is 0 Å². The Morgan fingerprint density at radius 2 is 2.05 bits per heavy atom. The van der Waals surface area contributed by atoms with Crippen molar-refractivity contribution in [3.8, 4) is 11.5 Å². The summed E-state index contributed by atoms with van der Waals surface area (Å²) in [6.07, 6.45) is 2.19. The lowest BCUT2D eigenvalue weighted by Crippen LogP contribution is -2.25. The molecule has 0 aromatic heterocycles. The highest BCUT2D eigenvalue weighted by molar-refractivity contribution is 9.10. The van der Waals surface area contributed by atoms with Crippen LogP contribution in [0.5, 0.6) is 11.5 Å². The lowest BCUT2D eigenvalue weighted by atomic mass is 10.1. The van der Waals surface area contributed by atoms with Gasteiger partial charge in [-0.15, -0.1) is 0 Å². The normalized spacial score (nSPS) is 17.3. The molecule has 3 rings (SSSR count). The first kappa shape index (κ1) is 14.3. The largest absolute Gasteiger partial charge is 0.497 e. The van der Waals surface area contributed by atoms with Crippen LogP contribution in [0.25, 0.3) is 0 Å². The summed E-state index contributed by atoms with van der Waals surface area (Å²) >= 11 is 3.54. The fourth-order valence-corrected chi connectivity index (χ4v) is 2.99. The fraction of sp³-hybridized carbons (Fsp3) is 0.294. The molecule has 1 aliphatic heterocycles. The Labute approximate surface area is 133 Å². The molecule has 2 aromatic rings. The summed E-state index contributed by atoms with van der Waals surface area (Å²) < 4.78 is 12.3. The second kappa shape index (κ2) is 6.39. The highest BCUT2D eigenvalue weighted by Gasteiger charge is 2.17. The van der Waals surface area contributed by atoms with E-state index in [0.29, 0.717) is 0 Å². The van der Waals surface area contributed by atoms with Crippen molar-refractivity contribution >= 4 is 21.6 Å². The van der Waals surface area contributed by atoms with E-state index in [2.05, 4.69) is 45.5 Å². The van der Waals surface area contributed by atoms with Crippen molar-refractivity contribution in [3.63, 3.8) is 0 Å². The van der Waals surface area contributed by atoms with Crippen molar-refractivity contribution in [1.29, 1.82) is 0 Å². The van der Waals surface area contributed by atoms with Gasteiger partial charge in [0.1, 0.15) is 17.6 Å². The average molecular weight is 348 g/mol. The third-order valence-electron chi connectivity index (χ3n) is 3.71. The second-order valence-corrected chi connectivity index (χ2v) is 5.97. The van der Waals surface area contributed by atoms with E-state index in [-0.39, 0.29) is 6.10 Å². The number of rotatable bonds is 3. The van der Waals surface area contributed by atoms with Crippen LogP contribution in [0.15, 0.2) is 46.9 Å². The highest BCUT2D eigenvalue weighted by Crippen LogP contribution is 2.31. The maximum absolute atomic E-state index is 6.13. The van der Waals surface area contributed by atoms with E-state index in [1.807, 2.05) is 18.2 Å². The van der Waals surface area contributed by atoms with Crippen molar-refractivity contribution in [2.75, 3.05) is 19.0 Å². The van der Waals surface area contributed by atoms with Gasteiger partial charge in [0, 0.05) is 5.69 Å². The highest BCUT2D eigenvalue weighted by atomic mass is 79.9. The van der Waals surface area contributed by atoms with Gasteiger partial charge < -0.3 is 14.8 Å². The summed E-state index contributed by atoms with van der Waals surface area (Å²) in [6, 6.07) is 14.2. The number of halogens is 1. The Morgan fingerprint density at radius 3 is 2.86 bits per heavy atom. The maximum atomic E-state index is 6.13. The summed E-state index contributed by atoms with van der Waals surface area (Å²) in [4.78, 5) is 0. The molecule has 3 nitrogen and oxygen atoms in total. The first-order valence-corrected chi connectivity index (χ1v) is 7.87. The Hall–Kier alpha value is -1.68. The van der Waals surface area contributed by atoms with Gasteiger partial charge in [-0.2, -0.15) is 0 Å². The zero-order valence-electron chi connectivity index (χ0n) is 11.9. The van der Waals surface area contributed by atoms with E-state index in [1.165, 1.54) is 11.3 Å². The van der Waals surface area contributed by atoms with Crippen molar-refractivity contribution in [2.24, 2.45) is 0 Å². The van der Waals surface area contributed by atoms with Gasteiger partial charge in [-0.05, 0) is 58.6 Å². The maximum Gasteiger partial charge on any atom is 0.134 e. The Bertz CT molecular complexity index is 603. The number of ether oxygens (including phenoxy) is 2. The Kier molecular flexibility index (Phi) is 4.34. The van der Waals surface area contributed by atoms with Crippen LogP contribution in [-0.2, 0) is 6.42 Å². The number of anilines is 1. The van der Waals surface area contributed by atoms with Gasteiger partial charge in [-0.25, -0.2) is 0 Å². The van der Waals surface area contributed by atoms with E-state index >= 15 is 0 Å². The third kappa shape index (κ3) is 3.32. The number of hydrogen-bond acceptors (Lipinski definition) is 3. The molecule has 1 heterocycles. The molecule has 0 saturated heterocycles. The average Bonchev–Trinajstić information content (AvgIpc) is 2.72. The fourth-order valence-electron chi connectivity index (χ4n) is 2.54. The molecule has 0 spiro atoms. The lowest BCUT2D eigenvalue weighted by molar-refractivity contribution is 0.204. The molecule has 2 aromatic carbocycles. The van der Waals surface area contributed by atoms with E-state index in [0.717, 1.165) is 35.4 Å². The molecule has 1 N–H and O–H groups in total. The molecule has 0 radical (unpaired) electrons. The number of methoxy groups -OCH3 is 1. The Morgan fingerprint density at radius 1 is 1.19 bits per heavy atom. The van der Waals surface area contributed by atoms with Crippen LogP contribution < -0.4 is 14.8 Å². The van der Waals surface area contributed by atoms with E-state index < -0.39 is 0 Å². The van der Waals surface area contributed by atoms with E-state index in [9.17, 15) is 0 Å². The number of hydrogen-bond donors (Lipinski definition) is 1. The number of aryl methyl sites for hydroxylation is 1. The molecule has 1 atom stereocenters.